The maximum Gasteiger partial charge on any atom is 0.0858 e. The van der Waals surface area contributed by atoms with Gasteiger partial charge in [0.15, 0.2) is 0 Å². The minimum atomic E-state index is 0. The van der Waals surface area contributed by atoms with Gasteiger partial charge in [0.25, 0.3) is 0 Å². The van der Waals surface area contributed by atoms with Gasteiger partial charge < -0.3 is 5.32 Å². The Labute approximate surface area is 108 Å². The zero-order valence-electron chi connectivity index (χ0n) is 9.88. The predicted molar refractivity (Wildman–Crippen MR) is 67.5 cm³/mol. The van der Waals surface area contributed by atoms with Crippen LogP contribution in [0.15, 0.2) is 6.20 Å². The van der Waals surface area contributed by atoms with Crippen LogP contribution >= 0.6 is 12.4 Å². The first kappa shape index (κ1) is 11.5. The van der Waals surface area contributed by atoms with Crippen molar-refractivity contribution in [3.05, 3.63) is 11.9 Å². The number of hydrogen-bond acceptors (Lipinski definition) is 3. The molecule has 0 aromatic carbocycles. The molecular formula is C12H19ClN4. The lowest BCUT2D eigenvalue weighted by atomic mass is 10.0. The summed E-state index contributed by atoms with van der Waals surface area (Å²) in [6.07, 6.45) is 10.0. The zero-order chi connectivity index (χ0) is 10.5. The molecule has 2 bridgehead atoms. The molecule has 1 aromatic heterocycles. The van der Waals surface area contributed by atoms with Crippen LogP contribution in [-0.4, -0.2) is 27.1 Å². The maximum atomic E-state index is 4.34. The van der Waals surface area contributed by atoms with Crippen LogP contribution in [0.1, 0.15) is 56.2 Å². The second-order valence-corrected chi connectivity index (χ2v) is 5.66. The number of rotatable bonds is 2. The van der Waals surface area contributed by atoms with E-state index in [4.69, 9.17) is 0 Å². The van der Waals surface area contributed by atoms with Crippen molar-refractivity contribution in [3.63, 3.8) is 0 Å². The summed E-state index contributed by atoms with van der Waals surface area (Å²) in [6, 6.07) is 2.06. The van der Waals surface area contributed by atoms with Gasteiger partial charge in [0.1, 0.15) is 0 Å². The van der Waals surface area contributed by atoms with Crippen molar-refractivity contribution in [2.75, 3.05) is 0 Å². The van der Waals surface area contributed by atoms with Gasteiger partial charge in [-0.05, 0) is 38.5 Å². The van der Waals surface area contributed by atoms with E-state index in [9.17, 15) is 0 Å². The van der Waals surface area contributed by atoms with E-state index in [1.807, 2.05) is 0 Å². The summed E-state index contributed by atoms with van der Waals surface area (Å²) in [5.74, 6) is 0.729. The molecule has 5 heteroatoms. The molecule has 0 amide bonds. The molecule has 1 aliphatic carbocycles. The van der Waals surface area contributed by atoms with Crippen molar-refractivity contribution in [1.82, 2.24) is 20.3 Å². The molecule has 17 heavy (non-hydrogen) atoms. The minimum Gasteiger partial charge on any atom is -0.311 e. The summed E-state index contributed by atoms with van der Waals surface area (Å²) in [5.41, 5.74) is 1.23. The summed E-state index contributed by atoms with van der Waals surface area (Å²) in [6.45, 7) is 0. The molecule has 1 saturated carbocycles. The van der Waals surface area contributed by atoms with Crippen molar-refractivity contribution < 1.29 is 0 Å². The quantitative estimate of drug-likeness (QED) is 0.878. The van der Waals surface area contributed by atoms with Crippen LogP contribution in [-0.2, 0) is 0 Å². The van der Waals surface area contributed by atoms with Crippen molar-refractivity contribution in [2.24, 2.45) is 0 Å². The highest BCUT2D eigenvalue weighted by Crippen LogP contribution is 2.39. The Kier molecular flexibility index (Phi) is 2.87. The molecule has 0 spiro atoms. The first-order valence-electron chi connectivity index (χ1n) is 6.56. The van der Waals surface area contributed by atoms with Crippen LogP contribution in [0, 0.1) is 0 Å². The third-order valence-electron chi connectivity index (χ3n) is 4.35. The number of nitrogens with one attached hydrogen (secondary N) is 1. The monoisotopic (exact) mass is 254 g/mol. The molecule has 2 atom stereocenters. The Morgan fingerprint density at radius 2 is 1.82 bits per heavy atom. The number of piperidine rings is 1. The van der Waals surface area contributed by atoms with Crippen LogP contribution in [0.25, 0.3) is 0 Å². The van der Waals surface area contributed by atoms with E-state index in [-0.39, 0.29) is 12.4 Å². The topological polar surface area (TPSA) is 42.7 Å². The molecule has 3 aliphatic rings. The maximum absolute atomic E-state index is 4.34. The minimum absolute atomic E-state index is 0. The Morgan fingerprint density at radius 3 is 2.47 bits per heavy atom. The Bertz CT molecular complexity index is 389. The molecule has 4 nitrogen and oxygen atoms in total. The average molecular weight is 255 g/mol. The lowest BCUT2D eigenvalue weighted by Crippen LogP contribution is -2.39. The number of halogens is 1. The fraction of sp³-hybridized carbons (Fsp3) is 0.833. The van der Waals surface area contributed by atoms with Crippen LogP contribution < -0.4 is 5.32 Å². The Morgan fingerprint density at radius 1 is 1.12 bits per heavy atom. The smallest absolute Gasteiger partial charge is 0.0858 e. The van der Waals surface area contributed by atoms with E-state index >= 15 is 0 Å². The summed E-state index contributed by atoms with van der Waals surface area (Å²) >= 11 is 0. The molecule has 1 aromatic rings. The second-order valence-electron chi connectivity index (χ2n) is 5.66. The number of fused-ring (bicyclic) bond motifs is 2. The van der Waals surface area contributed by atoms with Gasteiger partial charge in [-0.15, -0.1) is 17.5 Å². The van der Waals surface area contributed by atoms with Gasteiger partial charge in [0.05, 0.1) is 11.7 Å². The van der Waals surface area contributed by atoms with E-state index in [0.717, 1.165) is 18.0 Å². The Balaban J connectivity index is 0.000000902. The molecule has 0 radical (unpaired) electrons. The van der Waals surface area contributed by atoms with Gasteiger partial charge in [-0.2, -0.15) is 0 Å². The standard InChI is InChI=1S/C12H18N4.ClH/c1-2-8(1)12-7-16(15-14-12)11-5-9-3-4-10(6-11)13-9;/h7-11,13H,1-6H2;1H. The molecule has 4 rings (SSSR count). The largest absolute Gasteiger partial charge is 0.311 e. The predicted octanol–water partition coefficient (Wildman–Crippen LogP) is 2.03. The van der Waals surface area contributed by atoms with E-state index in [1.54, 1.807) is 0 Å². The zero-order valence-corrected chi connectivity index (χ0v) is 10.7. The van der Waals surface area contributed by atoms with Gasteiger partial charge in [-0.25, -0.2) is 4.68 Å². The lowest BCUT2D eigenvalue weighted by Gasteiger charge is -2.28. The lowest BCUT2D eigenvalue weighted by molar-refractivity contribution is 0.278. The van der Waals surface area contributed by atoms with Crippen molar-refractivity contribution in [1.29, 1.82) is 0 Å². The van der Waals surface area contributed by atoms with Crippen LogP contribution in [0.3, 0.4) is 0 Å². The SMILES string of the molecule is Cl.c1c(C2CC2)nnn1C1CC2CCC(C1)N2. The molecule has 94 valence electrons. The fourth-order valence-electron chi connectivity index (χ4n) is 3.28. The van der Waals surface area contributed by atoms with Gasteiger partial charge in [0.2, 0.25) is 0 Å². The van der Waals surface area contributed by atoms with E-state index in [1.165, 1.54) is 44.2 Å². The summed E-state index contributed by atoms with van der Waals surface area (Å²) in [5, 5.41) is 12.3. The van der Waals surface area contributed by atoms with Crippen molar-refractivity contribution >= 4 is 12.4 Å². The third kappa shape index (κ3) is 2.08. The molecular weight excluding hydrogens is 236 g/mol. The van der Waals surface area contributed by atoms with E-state index < -0.39 is 0 Å². The highest BCUT2D eigenvalue weighted by molar-refractivity contribution is 5.85. The highest BCUT2D eigenvalue weighted by Gasteiger charge is 2.35. The van der Waals surface area contributed by atoms with Gasteiger partial charge in [0, 0.05) is 24.2 Å². The molecule has 2 aliphatic heterocycles. The first-order valence-corrected chi connectivity index (χ1v) is 6.56. The summed E-state index contributed by atoms with van der Waals surface area (Å²) < 4.78 is 2.14. The number of hydrogen-bond donors (Lipinski definition) is 1. The molecule has 3 heterocycles. The van der Waals surface area contributed by atoms with E-state index in [0.29, 0.717) is 6.04 Å². The first-order chi connectivity index (χ1) is 7.88. The van der Waals surface area contributed by atoms with Gasteiger partial charge in [-0.3, -0.25) is 0 Å². The van der Waals surface area contributed by atoms with Crippen LogP contribution in [0.4, 0.5) is 0 Å². The van der Waals surface area contributed by atoms with Crippen LogP contribution in [0.2, 0.25) is 0 Å². The molecule has 3 fully saturated rings. The molecule has 2 unspecified atom stereocenters. The Hall–Kier alpha value is -0.610. The third-order valence-corrected chi connectivity index (χ3v) is 4.35. The highest BCUT2D eigenvalue weighted by atomic mass is 35.5. The molecule has 1 N–H and O–H groups in total. The van der Waals surface area contributed by atoms with Gasteiger partial charge in [-0.1, -0.05) is 5.21 Å². The summed E-state index contributed by atoms with van der Waals surface area (Å²) in [4.78, 5) is 0. The van der Waals surface area contributed by atoms with Crippen molar-refractivity contribution in [2.45, 2.75) is 62.6 Å². The fourth-order valence-corrected chi connectivity index (χ4v) is 3.28. The van der Waals surface area contributed by atoms with Crippen LogP contribution in [0.5, 0.6) is 0 Å². The normalized spacial score (nSPS) is 35.6. The number of aromatic nitrogens is 3. The van der Waals surface area contributed by atoms with Crippen molar-refractivity contribution in [3.8, 4) is 0 Å². The summed E-state index contributed by atoms with van der Waals surface area (Å²) in [7, 11) is 0. The van der Waals surface area contributed by atoms with E-state index in [2.05, 4.69) is 26.5 Å². The second kappa shape index (κ2) is 4.25. The average Bonchev–Trinajstić information content (AvgIpc) is 2.94. The number of nitrogens with zero attached hydrogens (tertiary/aromatic N) is 3. The molecule has 2 saturated heterocycles. The van der Waals surface area contributed by atoms with Gasteiger partial charge >= 0.3 is 0 Å².